The number of nitrogens with zero attached hydrogens (tertiary/aromatic N) is 2. The summed E-state index contributed by atoms with van der Waals surface area (Å²) >= 11 is 0. The summed E-state index contributed by atoms with van der Waals surface area (Å²) < 4.78 is 33.2. The fourth-order valence-electron chi connectivity index (χ4n) is 7.21. The molecule has 0 radical (unpaired) electrons. The molecule has 344 valence electrons. The summed E-state index contributed by atoms with van der Waals surface area (Å²) in [7, 11) is 1.29. The van der Waals surface area contributed by atoms with Crippen LogP contribution in [-0.4, -0.2) is 179 Å². The van der Waals surface area contributed by atoms with Crippen LogP contribution in [0.5, 0.6) is 23.0 Å². The number of allylic oxidation sites excluding steroid dienone is 1. The van der Waals surface area contributed by atoms with Crippen molar-refractivity contribution in [2.75, 3.05) is 18.6 Å². The number of carboxylic acid groups (broad SMARTS) is 4. The summed E-state index contributed by atoms with van der Waals surface area (Å²) in [6, 6.07) is 3.57. The minimum absolute atomic E-state index is 0.0621. The molecule has 2 fully saturated rings. The number of hydrogen-bond donors (Lipinski definition) is 11. The molecule has 64 heavy (non-hydrogen) atoms. The zero-order valence-corrected chi connectivity index (χ0v) is 33.1. The van der Waals surface area contributed by atoms with Gasteiger partial charge in [-0.15, -0.1) is 0 Å². The topological polar surface area (TPSA) is 379 Å². The lowest BCUT2D eigenvalue weighted by Gasteiger charge is -2.46. The summed E-state index contributed by atoms with van der Waals surface area (Å²) in [5.74, 6) is -8.48. The first-order valence-electron chi connectivity index (χ1n) is 19.1. The van der Waals surface area contributed by atoms with E-state index in [4.69, 9.17) is 28.4 Å². The number of ether oxygens (including phenoxy) is 6. The maximum absolute atomic E-state index is 13.0. The molecule has 2 aromatic carbocycles. The fourth-order valence-corrected chi connectivity index (χ4v) is 7.21. The number of methoxy groups -OCH3 is 1. The zero-order chi connectivity index (χ0) is 46.7. The Kier molecular flexibility index (Phi) is 14.2. The van der Waals surface area contributed by atoms with Gasteiger partial charge in [-0.25, -0.2) is 24.0 Å². The number of carbonyl (C=O) groups excluding carboxylic acids is 1. The second-order valence-electron chi connectivity index (χ2n) is 14.7. The third kappa shape index (κ3) is 9.93. The number of benzene rings is 2. The number of aliphatic imine (C=N–C) groups is 1. The Morgan fingerprint density at radius 2 is 1.53 bits per heavy atom. The van der Waals surface area contributed by atoms with Gasteiger partial charge in [-0.2, -0.15) is 0 Å². The molecule has 0 unspecified atom stereocenters. The Hall–Kier alpha value is -6.64. The van der Waals surface area contributed by atoms with E-state index in [0.29, 0.717) is 5.56 Å². The van der Waals surface area contributed by atoms with Gasteiger partial charge in [-0.1, -0.05) is 6.07 Å². The monoisotopic (exact) mass is 902 g/mol. The Bertz CT molecular complexity index is 2280. The summed E-state index contributed by atoms with van der Waals surface area (Å²) in [6.45, 7) is -0.919. The van der Waals surface area contributed by atoms with Crippen LogP contribution in [0.2, 0.25) is 0 Å². The van der Waals surface area contributed by atoms with E-state index in [2.05, 4.69) is 4.99 Å². The number of dihydropyridines is 1. The molecule has 2 aromatic rings. The van der Waals surface area contributed by atoms with Crippen molar-refractivity contribution < 1.29 is 109 Å². The van der Waals surface area contributed by atoms with Crippen LogP contribution in [0.15, 0.2) is 65.3 Å². The van der Waals surface area contributed by atoms with Crippen molar-refractivity contribution in [3.63, 3.8) is 0 Å². The van der Waals surface area contributed by atoms with E-state index in [0.717, 1.165) is 18.2 Å². The van der Waals surface area contributed by atoms with Crippen molar-refractivity contribution >= 4 is 47.3 Å². The molecule has 0 spiro atoms. The van der Waals surface area contributed by atoms with Crippen LogP contribution in [-0.2, 0) is 49.3 Å². The molecule has 0 aliphatic carbocycles. The Morgan fingerprint density at radius 1 is 0.812 bits per heavy atom. The molecule has 0 bridgehead atoms. The van der Waals surface area contributed by atoms with E-state index < -0.39 is 127 Å². The van der Waals surface area contributed by atoms with Crippen molar-refractivity contribution in [2.24, 2.45) is 4.99 Å². The van der Waals surface area contributed by atoms with E-state index >= 15 is 0 Å². The van der Waals surface area contributed by atoms with Gasteiger partial charge in [-0.3, -0.25) is 4.99 Å². The predicted molar refractivity (Wildman–Crippen MR) is 209 cm³/mol. The van der Waals surface area contributed by atoms with Crippen LogP contribution in [0.3, 0.4) is 0 Å². The number of rotatable bonds is 15. The summed E-state index contributed by atoms with van der Waals surface area (Å²) in [5.41, 5.74) is 0.319. The zero-order valence-electron chi connectivity index (χ0n) is 33.1. The number of anilines is 1. The highest BCUT2D eigenvalue weighted by atomic mass is 16.8. The first kappa shape index (κ1) is 46.9. The number of aliphatic hydroxyl groups excluding tert-OH is 5. The first-order valence-corrected chi connectivity index (χ1v) is 19.1. The van der Waals surface area contributed by atoms with Crippen molar-refractivity contribution in [2.45, 2.75) is 86.3 Å². The van der Waals surface area contributed by atoms with Crippen LogP contribution in [0.4, 0.5) is 5.69 Å². The van der Waals surface area contributed by atoms with Crippen molar-refractivity contribution in [1.29, 1.82) is 0 Å². The van der Waals surface area contributed by atoms with E-state index in [1.165, 1.54) is 54.6 Å². The number of carboxylic acids is 4. The molecule has 12 atom stereocenters. The normalized spacial score (nSPS) is 30.3. The average molecular weight is 903 g/mol. The minimum Gasteiger partial charge on any atom is -0.504 e. The van der Waals surface area contributed by atoms with E-state index in [9.17, 15) is 80.1 Å². The number of hydrogen-bond acceptors (Lipinski definition) is 20. The maximum Gasteiger partial charge on any atom is 0.354 e. The van der Waals surface area contributed by atoms with Gasteiger partial charge in [0.25, 0.3) is 0 Å². The van der Waals surface area contributed by atoms with Gasteiger partial charge in [0.2, 0.25) is 6.29 Å². The lowest BCUT2D eigenvalue weighted by atomic mass is 9.97. The highest BCUT2D eigenvalue weighted by molar-refractivity contribution is 6.41. The van der Waals surface area contributed by atoms with Gasteiger partial charge >= 0.3 is 29.8 Å². The lowest BCUT2D eigenvalue weighted by molar-refractivity contribution is -0.354. The Labute approximate surface area is 359 Å². The van der Waals surface area contributed by atoms with Gasteiger partial charge in [-0.05, 0) is 53.1 Å². The molecule has 0 saturated carbocycles. The standard InChI is InChI=1S/C40H42N2O22/c1-59-24-10-15(2-4-22(24)44)3-5-27(46)62-33-31(50)30(49)32(38(57)58)63-40(33)64-34-29(48)28(47)26(14-43)61-39(34)60-25-12-17-11-21(37(55)56)42(20(17)13-23(25)45)7-6-16-8-18(35(51)52)41-19(9-16)36(53)54/h2-8,10,12-13,19,21,26,28-34,39-40,43-45,47-50H,9,11,14H2,1H3,(H,51,52)(H,53,54)(H,55,56)(H,57,58)/b5-3+,7-6+/t19-,21+,26+,28+,29-,30-,31-,32-,33+,34+,39+,40-/m0/s1. The fraction of sp³-hybridized carbons (Fsp3) is 0.400. The molecule has 24 nitrogen and oxygen atoms in total. The van der Waals surface area contributed by atoms with Crippen LogP contribution in [0.25, 0.3) is 6.08 Å². The molecular formula is C40H42N2O22. The van der Waals surface area contributed by atoms with E-state index in [1.54, 1.807) is 0 Å². The molecule has 0 amide bonds. The number of carbonyl (C=O) groups is 5. The molecule has 6 rings (SSSR count). The van der Waals surface area contributed by atoms with Crippen LogP contribution in [0.1, 0.15) is 17.5 Å². The highest BCUT2D eigenvalue weighted by Crippen LogP contribution is 2.42. The predicted octanol–water partition coefficient (Wildman–Crippen LogP) is -1.90. The van der Waals surface area contributed by atoms with Crippen molar-refractivity contribution in [3.05, 3.63) is 71.5 Å². The largest absolute Gasteiger partial charge is 0.504 e. The van der Waals surface area contributed by atoms with Crippen LogP contribution >= 0.6 is 0 Å². The van der Waals surface area contributed by atoms with Crippen LogP contribution < -0.4 is 14.4 Å². The highest BCUT2D eigenvalue weighted by Gasteiger charge is 2.54. The van der Waals surface area contributed by atoms with Gasteiger partial charge < -0.3 is 89.5 Å². The third-order valence-corrected chi connectivity index (χ3v) is 10.5. The molecule has 24 heteroatoms. The number of aromatic hydroxyl groups is 2. The van der Waals surface area contributed by atoms with Crippen molar-refractivity contribution in [3.8, 4) is 23.0 Å². The second kappa shape index (κ2) is 19.4. The van der Waals surface area contributed by atoms with Gasteiger partial charge in [0.1, 0.15) is 42.3 Å². The summed E-state index contributed by atoms with van der Waals surface area (Å²) in [6.07, 6.45) is -15.2. The van der Waals surface area contributed by atoms with Gasteiger partial charge in [0.05, 0.1) is 13.7 Å². The Morgan fingerprint density at radius 3 is 2.17 bits per heavy atom. The summed E-state index contributed by atoms with van der Waals surface area (Å²) in [5, 5.41) is 113. The molecule has 11 N–H and O–H groups in total. The molecule has 4 aliphatic heterocycles. The lowest BCUT2D eigenvalue weighted by Crippen LogP contribution is -2.66. The number of fused-ring (bicyclic) bond motifs is 1. The van der Waals surface area contributed by atoms with E-state index in [1.807, 2.05) is 0 Å². The maximum atomic E-state index is 13.0. The van der Waals surface area contributed by atoms with Gasteiger partial charge in [0.15, 0.2) is 53.6 Å². The first-order chi connectivity index (χ1) is 30.3. The minimum atomic E-state index is -2.22. The average Bonchev–Trinajstić information content (AvgIpc) is 3.61. The Balaban J connectivity index is 1.28. The molecule has 0 aromatic heterocycles. The smallest absolute Gasteiger partial charge is 0.354 e. The second-order valence-corrected chi connectivity index (χ2v) is 14.7. The van der Waals surface area contributed by atoms with E-state index in [-0.39, 0.29) is 41.2 Å². The molecule has 4 aliphatic rings. The number of aliphatic carboxylic acids is 4. The molecular weight excluding hydrogens is 860 g/mol. The number of phenolic OH excluding ortho intramolecular Hbond substituents is 2. The van der Waals surface area contributed by atoms with Crippen LogP contribution in [0, 0.1) is 0 Å². The number of esters is 1. The number of phenols is 2. The number of aliphatic hydroxyl groups is 5. The third-order valence-electron chi connectivity index (χ3n) is 10.5. The molecule has 4 heterocycles. The van der Waals surface area contributed by atoms with Gasteiger partial charge in [0, 0.05) is 36.9 Å². The SMILES string of the molecule is COc1cc(/C=C/C(=O)O[C@H]2[C@H](O[C@H]3[C@H](Oc4cc5c(cc4O)N(/C=C/C4=CC(C(=O)O)=N[C@H](C(=O)O)C4)[C@@H](C(=O)O)C5)O[C@H](CO)[C@@H](O)[C@@H]3O)O[C@H](C(=O)O)[C@@H](O)[C@@H]2O)ccc1O. The molecule has 2 saturated heterocycles. The van der Waals surface area contributed by atoms with Crippen molar-refractivity contribution in [1.82, 2.24) is 0 Å². The summed E-state index contributed by atoms with van der Waals surface area (Å²) in [4.78, 5) is 65.6. The quantitative estimate of drug-likeness (QED) is 0.0687.